The molecule has 2 atom stereocenters. The first-order valence-corrected chi connectivity index (χ1v) is 12.2. The largest absolute Gasteiger partial charge is 0.491 e. The highest BCUT2D eigenvalue weighted by Crippen LogP contribution is 2.44. The van der Waals surface area contributed by atoms with E-state index in [9.17, 15) is 19.6 Å². The number of nitriles is 1. The molecule has 34 heavy (non-hydrogen) atoms. The minimum Gasteiger partial charge on any atom is -0.491 e. The van der Waals surface area contributed by atoms with E-state index in [2.05, 4.69) is 11.4 Å². The number of allylic oxidation sites excluding steroid dienone is 1. The second-order valence-corrected chi connectivity index (χ2v) is 9.15. The van der Waals surface area contributed by atoms with Crippen LogP contribution >= 0.6 is 35.0 Å². The number of hydrogen-bond acceptors (Lipinski definition) is 8. The Hall–Kier alpha value is -2.45. The third-order valence-electron chi connectivity index (χ3n) is 5.36. The Labute approximate surface area is 211 Å². The van der Waals surface area contributed by atoms with Gasteiger partial charge in [0, 0.05) is 19.0 Å². The fourth-order valence-corrected chi connectivity index (χ4v) is 5.32. The Kier molecular flexibility index (Phi) is 9.08. The summed E-state index contributed by atoms with van der Waals surface area (Å²) in [5, 5.41) is 13.2. The molecule has 0 saturated carbocycles. The summed E-state index contributed by atoms with van der Waals surface area (Å²) in [5.41, 5.74) is 0.476. The van der Waals surface area contributed by atoms with E-state index < -0.39 is 23.7 Å². The lowest BCUT2D eigenvalue weighted by Crippen LogP contribution is -2.45. The predicted octanol–water partition coefficient (Wildman–Crippen LogP) is 2.72. The average molecular weight is 528 g/mol. The number of carbonyl (C=O) groups is 3. The first kappa shape index (κ1) is 26.2. The second kappa shape index (κ2) is 11.8. The topological polar surface area (TPSA) is 118 Å². The van der Waals surface area contributed by atoms with Crippen molar-refractivity contribution in [2.24, 2.45) is 5.92 Å². The number of carbonyl (C=O) groups excluding carboxylic acids is 3. The highest BCUT2D eigenvalue weighted by molar-refractivity contribution is 8.03. The molecule has 182 valence electrons. The molecule has 0 spiro atoms. The van der Waals surface area contributed by atoms with E-state index >= 15 is 0 Å². The van der Waals surface area contributed by atoms with Gasteiger partial charge in [-0.2, -0.15) is 5.26 Å². The quantitative estimate of drug-likeness (QED) is 0.424. The number of ether oxygens (including phenoxy) is 3. The van der Waals surface area contributed by atoms with Crippen LogP contribution in [0.25, 0.3) is 0 Å². The Morgan fingerprint density at radius 2 is 1.94 bits per heavy atom. The standard InChI is InChI=1S/C22H23Cl2N3O6S/c1-3-33-19-14(23)8-12(9-15(19)24)17-13(10-25)21(26-20(29)18(17)22(30)31-2)34-11-16(28)27-4-6-32-7-5-27/h8-9,17-18H,3-7,11H2,1-2H3,(H,26,29)/t17-,18+/m0/s1. The van der Waals surface area contributed by atoms with Crippen molar-refractivity contribution in [2.75, 3.05) is 45.8 Å². The highest BCUT2D eigenvalue weighted by Gasteiger charge is 2.45. The van der Waals surface area contributed by atoms with Crippen LogP contribution in [0.3, 0.4) is 0 Å². The molecule has 9 nitrogen and oxygen atoms in total. The van der Waals surface area contributed by atoms with Gasteiger partial charge in [-0.15, -0.1) is 0 Å². The van der Waals surface area contributed by atoms with E-state index in [1.54, 1.807) is 11.8 Å². The minimum atomic E-state index is -1.34. The molecular weight excluding hydrogens is 505 g/mol. The summed E-state index contributed by atoms with van der Waals surface area (Å²) in [6.45, 7) is 3.98. The van der Waals surface area contributed by atoms with Gasteiger partial charge in [0.25, 0.3) is 0 Å². The maximum absolute atomic E-state index is 13.0. The SMILES string of the molecule is CCOc1c(Cl)cc([C@H]2C(C#N)=C(SCC(=O)N3CCOCC3)NC(=O)[C@@H]2C(=O)OC)cc1Cl. The smallest absolute Gasteiger partial charge is 0.319 e. The highest BCUT2D eigenvalue weighted by atomic mass is 35.5. The maximum Gasteiger partial charge on any atom is 0.319 e. The van der Waals surface area contributed by atoms with Gasteiger partial charge in [-0.3, -0.25) is 14.4 Å². The van der Waals surface area contributed by atoms with Gasteiger partial charge in [0.05, 0.1) is 59.4 Å². The first-order valence-electron chi connectivity index (χ1n) is 10.4. The van der Waals surface area contributed by atoms with Crippen molar-refractivity contribution >= 4 is 52.7 Å². The summed E-state index contributed by atoms with van der Waals surface area (Å²) in [6.07, 6.45) is 0. The van der Waals surface area contributed by atoms with Crippen molar-refractivity contribution < 1.29 is 28.6 Å². The molecule has 1 saturated heterocycles. The molecule has 12 heteroatoms. The van der Waals surface area contributed by atoms with Crippen molar-refractivity contribution in [2.45, 2.75) is 12.8 Å². The number of rotatable bonds is 7. The van der Waals surface area contributed by atoms with Gasteiger partial charge < -0.3 is 24.4 Å². The fourth-order valence-electron chi connectivity index (χ4n) is 3.76. The summed E-state index contributed by atoms with van der Waals surface area (Å²) in [4.78, 5) is 39.8. The van der Waals surface area contributed by atoms with Crippen molar-refractivity contribution in [3.63, 3.8) is 0 Å². The van der Waals surface area contributed by atoms with Crippen LogP contribution in [0.5, 0.6) is 5.75 Å². The van der Waals surface area contributed by atoms with Crippen molar-refractivity contribution in [3.05, 3.63) is 38.3 Å². The van der Waals surface area contributed by atoms with Gasteiger partial charge in [-0.1, -0.05) is 35.0 Å². The molecule has 0 unspecified atom stereocenters. The molecule has 0 radical (unpaired) electrons. The van der Waals surface area contributed by atoms with E-state index in [1.807, 2.05) is 0 Å². The zero-order chi connectivity index (χ0) is 24.8. The fraction of sp³-hybridized carbons (Fsp3) is 0.455. The average Bonchev–Trinajstić information content (AvgIpc) is 2.84. The molecule has 1 N–H and O–H groups in total. The number of nitrogens with one attached hydrogen (secondary N) is 1. The molecule has 0 aromatic heterocycles. The van der Waals surface area contributed by atoms with E-state index in [0.29, 0.717) is 38.5 Å². The number of esters is 1. The van der Waals surface area contributed by atoms with E-state index in [4.69, 9.17) is 37.4 Å². The van der Waals surface area contributed by atoms with Crippen molar-refractivity contribution in [3.8, 4) is 11.8 Å². The summed E-state index contributed by atoms with van der Waals surface area (Å²) in [7, 11) is 1.16. The molecule has 1 aromatic carbocycles. The van der Waals surface area contributed by atoms with Crippen LogP contribution in [0.1, 0.15) is 18.4 Å². The Morgan fingerprint density at radius 3 is 2.50 bits per heavy atom. The number of amides is 2. The predicted molar refractivity (Wildman–Crippen MR) is 127 cm³/mol. The third-order valence-corrected chi connectivity index (χ3v) is 6.92. The van der Waals surface area contributed by atoms with E-state index in [1.165, 1.54) is 12.1 Å². The number of morpholine rings is 1. The van der Waals surface area contributed by atoms with E-state index in [0.717, 1.165) is 18.9 Å². The lowest BCUT2D eigenvalue weighted by atomic mass is 9.78. The molecule has 2 heterocycles. The van der Waals surface area contributed by atoms with Crippen LogP contribution in [-0.4, -0.2) is 68.5 Å². The molecule has 2 aliphatic heterocycles. The number of hydrogen-bond donors (Lipinski definition) is 1. The number of benzene rings is 1. The lowest BCUT2D eigenvalue weighted by molar-refractivity contribution is -0.150. The maximum atomic E-state index is 13.0. The third kappa shape index (κ3) is 5.61. The van der Waals surface area contributed by atoms with E-state index in [-0.39, 0.29) is 38.1 Å². The summed E-state index contributed by atoms with van der Waals surface area (Å²) >= 11 is 13.7. The molecule has 2 amide bonds. The number of thioether (sulfide) groups is 1. The zero-order valence-corrected chi connectivity index (χ0v) is 20.9. The van der Waals surface area contributed by atoms with Crippen molar-refractivity contribution in [1.82, 2.24) is 10.2 Å². The monoisotopic (exact) mass is 527 g/mol. The van der Waals surface area contributed by atoms with Crippen LogP contribution in [0.4, 0.5) is 0 Å². The van der Waals surface area contributed by atoms with Gasteiger partial charge in [0.1, 0.15) is 5.92 Å². The Balaban J connectivity index is 2.00. The van der Waals surface area contributed by atoms with Gasteiger partial charge in [0.15, 0.2) is 5.75 Å². The van der Waals surface area contributed by atoms with Gasteiger partial charge in [0.2, 0.25) is 11.8 Å². The lowest BCUT2D eigenvalue weighted by Gasteiger charge is -2.31. The van der Waals surface area contributed by atoms with Crippen LogP contribution < -0.4 is 10.1 Å². The molecule has 0 bridgehead atoms. The second-order valence-electron chi connectivity index (χ2n) is 7.35. The van der Waals surface area contributed by atoms with Gasteiger partial charge in [-0.25, -0.2) is 0 Å². The number of halogens is 2. The summed E-state index contributed by atoms with van der Waals surface area (Å²) in [6, 6.07) is 5.11. The molecule has 2 aliphatic rings. The number of methoxy groups -OCH3 is 1. The van der Waals surface area contributed by atoms with Gasteiger partial charge >= 0.3 is 5.97 Å². The van der Waals surface area contributed by atoms with Crippen LogP contribution in [0.2, 0.25) is 10.0 Å². The van der Waals surface area contributed by atoms with Crippen LogP contribution in [-0.2, 0) is 23.9 Å². The minimum absolute atomic E-state index is 0.00118. The van der Waals surface area contributed by atoms with Crippen LogP contribution in [0.15, 0.2) is 22.7 Å². The normalized spacial score (nSPS) is 20.4. The summed E-state index contributed by atoms with van der Waals surface area (Å²) < 4.78 is 15.6. The van der Waals surface area contributed by atoms with Crippen LogP contribution in [0, 0.1) is 17.2 Å². The molecule has 1 aromatic rings. The molecule has 3 rings (SSSR count). The molecular formula is C22H23Cl2N3O6S. The molecule has 0 aliphatic carbocycles. The van der Waals surface area contributed by atoms with Crippen molar-refractivity contribution in [1.29, 1.82) is 5.26 Å². The zero-order valence-electron chi connectivity index (χ0n) is 18.6. The Bertz CT molecular complexity index is 1030. The molecule has 1 fully saturated rings. The Morgan fingerprint density at radius 1 is 1.29 bits per heavy atom. The summed E-state index contributed by atoms with van der Waals surface area (Å²) in [5.74, 6) is -3.71. The first-order chi connectivity index (χ1) is 16.3. The number of nitrogens with zero attached hydrogens (tertiary/aromatic N) is 2. The van der Waals surface area contributed by atoms with Gasteiger partial charge in [-0.05, 0) is 24.6 Å².